The van der Waals surface area contributed by atoms with Gasteiger partial charge in [-0.3, -0.25) is 4.90 Å². The number of sulfone groups is 1. The summed E-state index contributed by atoms with van der Waals surface area (Å²) in [7, 11) is -1.55. The minimum atomic E-state index is -3.18. The fourth-order valence-electron chi connectivity index (χ4n) is 3.47. The molecule has 2 amide bonds. The van der Waals surface area contributed by atoms with Crippen LogP contribution in [-0.2, 0) is 22.9 Å². The van der Waals surface area contributed by atoms with Gasteiger partial charge in [-0.25, -0.2) is 13.2 Å². The molecule has 0 aliphatic carbocycles. The molecule has 0 atom stereocenters. The minimum absolute atomic E-state index is 0.0508. The van der Waals surface area contributed by atoms with Crippen molar-refractivity contribution in [2.24, 2.45) is 0 Å². The molecule has 0 bridgehead atoms. The first kappa shape index (κ1) is 22.1. The second-order valence-electron chi connectivity index (χ2n) is 7.54. The van der Waals surface area contributed by atoms with Crippen LogP contribution < -0.4 is 10.1 Å². The second-order valence-corrected chi connectivity index (χ2v) is 9.56. The lowest BCUT2D eigenvalue weighted by Crippen LogP contribution is -2.41. The number of carbonyl (C=O) groups excluding carboxylic acids is 1. The minimum Gasteiger partial charge on any atom is -0.497 e. The zero-order valence-corrected chi connectivity index (χ0v) is 18.3. The first-order valence-corrected chi connectivity index (χ1v) is 11.9. The zero-order chi connectivity index (χ0) is 21.6. The number of urea groups is 1. The van der Waals surface area contributed by atoms with Gasteiger partial charge in [0.05, 0.1) is 12.0 Å². The molecule has 8 heteroatoms. The highest BCUT2D eigenvalue weighted by molar-refractivity contribution is 7.90. The second kappa shape index (κ2) is 9.95. The molecule has 1 saturated heterocycles. The van der Waals surface area contributed by atoms with Gasteiger partial charge >= 0.3 is 6.03 Å². The molecule has 1 heterocycles. The molecule has 162 valence electrons. The van der Waals surface area contributed by atoms with Crippen molar-refractivity contribution in [2.45, 2.75) is 24.4 Å². The molecule has 3 rings (SSSR count). The van der Waals surface area contributed by atoms with Crippen molar-refractivity contribution in [3.63, 3.8) is 0 Å². The van der Waals surface area contributed by atoms with Gasteiger partial charge in [0.15, 0.2) is 9.84 Å². The molecule has 0 radical (unpaired) electrons. The largest absolute Gasteiger partial charge is 0.497 e. The summed E-state index contributed by atoms with van der Waals surface area (Å²) >= 11 is 0. The van der Waals surface area contributed by atoms with E-state index in [4.69, 9.17) is 4.74 Å². The number of nitrogens with one attached hydrogen (secondary N) is 1. The molecule has 2 aromatic carbocycles. The summed E-state index contributed by atoms with van der Waals surface area (Å²) < 4.78 is 28.3. The Kier molecular flexibility index (Phi) is 7.33. The van der Waals surface area contributed by atoms with E-state index in [1.807, 2.05) is 41.3 Å². The Morgan fingerprint density at radius 1 is 0.967 bits per heavy atom. The van der Waals surface area contributed by atoms with Gasteiger partial charge in [-0.05, 0) is 41.8 Å². The number of methoxy groups -OCH3 is 1. The number of amides is 2. The topological polar surface area (TPSA) is 79.0 Å². The Bertz CT molecular complexity index is 943. The van der Waals surface area contributed by atoms with Gasteiger partial charge < -0.3 is 15.0 Å². The van der Waals surface area contributed by atoms with E-state index < -0.39 is 9.84 Å². The highest BCUT2D eigenvalue weighted by Gasteiger charge is 2.19. The predicted molar refractivity (Wildman–Crippen MR) is 116 cm³/mol. The standard InChI is InChI=1S/C22H29N3O4S/c1-29-20-8-4-18(5-9-20)16-23-22(26)25-13-3-12-24(14-15-25)17-19-6-10-21(11-7-19)30(2,27)28/h4-11H,3,12-17H2,1-2H3,(H,23,26). The third-order valence-corrected chi connectivity index (χ3v) is 6.36. The molecule has 0 aromatic heterocycles. The monoisotopic (exact) mass is 431 g/mol. The molecule has 2 aromatic rings. The smallest absolute Gasteiger partial charge is 0.317 e. The number of benzene rings is 2. The third-order valence-electron chi connectivity index (χ3n) is 5.24. The Hall–Kier alpha value is -2.58. The van der Waals surface area contributed by atoms with Crippen LogP contribution in [0.1, 0.15) is 17.5 Å². The van der Waals surface area contributed by atoms with Crippen molar-refractivity contribution in [3.05, 3.63) is 59.7 Å². The molecule has 0 saturated carbocycles. The lowest BCUT2D eigenvalue weighted by molar-refractivity contribution is 0.197. The average Bonchev–Trinajstić information content (AvgIpc) is 2.98. The fourth-order valence-corrected chi connectivity index (χ4v) is 4.10. The Labute approximate surface area is 178 Å². The first-order valence-electron chi connectivity index (χ1n) is 10.0. The number of hydrogen-bond acceptors (Lipinski definition) is 5. The Morgan fingerprint density at radius 3 is 2.27 bits per heavy atom. The number of nitrogens with zero attached hydrogens (tertiary/aromatic N) is 2. The lowest BCUT2D eigenvalue weighted by Gasteiger charge is -2.22. The molecular weight excluding hydrogens is 402 g/mol. The molecule has 1 aliphatic heterocycles. The number of ether oxygens (including phenoxy) is 1. The van der Waals surface area contributed by atoms with Gasteiger partial charge in [-0.15, -0.1) is 0 Å². The van der Waals surface area contributed by atoms with Crippen molar-refractivity contribution < 1.29 is 17.9 Å². The van der Waals surface area contributed by atoms with E-state index in [9.17, 15) is 13.2 Å². The predicted octanol–water partition coefficient (Wildman–Crippen LogP) is 2.52. The number of carbonyl (C=O) groups is 1. The fraction of sp³-hybridized carbons (Fsp3) is 0.409. The van der Waals surface area contributed by atoms with E-state index in [1.54, 1.807) is 19.2 Å². The molecular formula is C22H29N3O4S. The highest BCUT2D eigenvalue weighted by Crippen LogP contribution is 2.14. The number of rotatable bonds is 6. The van der Waals surface area contributed by atoms with Crippen LogP contribution in [0.15, 0.2) is 53.4 Å². The Balaban J connectivity index is 1.48. The number of hydrogen-bond donors (Lipinski definition) is 1. The van der Waals surface area contributed by atoms with Crippen molar-refractivity contribution in [3.8, 4) is 5.75 Å². The van der Waals surface area contributed by atoms with Crippen LogP contribution in [0, 0.1) is 0 Å². The summed E-state index contributed by atoms with van der Waals surface area (Å²) in [6.07, 6.45) is 2.11. The molecule has 1 fully saturated rings. The molecule has 7 nitrogen and oxygen atoms in total. The average molecular weight is 432 g/mol. The third kappa shape index (κ3) is 6.21. The molecule has 0 spiro atoms. The van der Waals surface area contributed by atoms with Crippen molar-refractivity contribution >= 4 is 15.9 Å². The zero-order valence-electron chi connectivity index (χ0n) is 17.5. The summed E-state index contributed by atoms with van der Waals surface area (Å²) in [5, 5.41) is 2.99. The maximum Gasteiger partial charge on any atom is 0.317 e. The first-order chi connectivity index (χ1) is 14.3. The van der Waals surface area contributed by atoms with Crippen LogP contribution in [0.25, 0.3) is 0 Å². The van der Waals surface area contributed by atoms with Gasteiger partial charge in [-0.2, -0.15) is 0 Å². The van der Waals surface area contributed by atoms with E-state index in [2.05, 4.69) is 10.2 Å². The molecule has 30 heavy (non-hydrogen) atoms. The van der Waals surface area contributed by atoms with Gasteiger partial charge in [-0.1, -0.05) is 24.3 Å². The highest BCUT2D eigenvalue weighted by atomic mass is 32.2. The van der Waals surface area contributed by atoms with Crippen LogP contribution in [0.5, 0.6) is 5.75 Å². The van der Waals surface area contributed by atoms with E-state index in [0.717, 1.165) is 49.5 Å². The van der Waals surface area contributed by atoms with E-state index >= 15 is 0 Å². The maximum absolute atomic E-state index is 12.6. The van der Waals surface area contributed by atoms with E-state index in [1.165, 1.54) is 6.26 Å². The summed E-state index contributed by atoms with van der Waals surface area (Å²) in [6.45, 7) is 4.29. The van der Waals surface area contributed by atoms with Gasteiger partial charge in [0.2, 0.25) is 0 Å². The normalized spacial score (nSPS) is 15.5. The Morgan fingerprint density at radius 2 is 1.63 bits per heavy atom. The van der Waals surface area contributed by atoms with Crippen LogP contribution >= 0.6 is 0 Å². The quantitative estimate of drug-likeness (QED) is 0.760. The van der Waals surface area contributed by atoms with Gasteiger partial charge in [0.1, 0.15) is 5.75 Å². The van der Waals surface area contributed by atoms with Crippen molar-refractivity contribution in [2.75, 3.05) is 39.5 Å². The van der Waals surface area contributed by atoms with Crippen LogP contribution in [0.3, 0.4) is 0 Å². The van der Waals surface area contributed by atoms with Crippen LogP contribution in [-0.4, -0.2) is 63.8 Å². The molecule has 1 aliphatic rings. The summed E-state index contributed by atoms with van der Waals surface area (Å²) in [5.41, 5.74) is 2.10. The maximum atomic E-state index is 12.6. The molecule has 0 unspecified atom stereocenters. The van der Waals surface area contributed by atoms with E-state index in [-0.39, 0.29) is 6.03 Å². The van der Waals surface area contributed by atoms with Crippen molar-refractivity contribution in [1.29, 1.82) is 0 Å². The summed E-state index contributed by atoms with van der Waals surface area (Å²) in [6, 6.07) is 14.6. The SMILES string of the molecule is COc1ccc(CNC(=O)N2CCCN(Cc3ccc(S(C)(=O)=O)cc3)CC2)cc1. The van der Waals surface area contributed by atoms with E-state index in [0.29, 0.717) is 18.0 Å². The molecule has 1 N–H and O–H groups in total. The van der Waals surface area contributed by atoms with Gasteiger partial charge in [0, 0.05) is 45.5 Å². The summed E-state index contributed by atoms with van der Waals surface area (Å²) in [4.78, 5) is 17.0. The van der Waals surface area contributed by atoms with Crippen molar-refractivity contribution in [1.82, 2.24) is 15.1 Å². The summed E-state index contributed by atoms with van der Waals surface area (Å²) in [5.74, 6) is 0.795. The van der Waals surface area contributed by atoms with Crippen LogP contribution in [0.2, 0.25) is 0 Å². The van der Waals surface area contributed by atoms with Crippen LogP contribution in [0.4, 0.5) is 4.79 Å². The lowest BCUT2D eigenvalue weighted by atomic mass is 10.2. The van der Waals surface area contributed by atoms with Gasteiger partial charge in [0.25, 0.3) is 0 Å².